The fraction of sp³-hybridized carbons (Fsp3) is 0.286. The van der Waals surface area contributed by atoms with Crippen molar-refractivity contribution < 1.29 is 0 Å². The quantitative estimate of drug-likeness (QED) is 0.875. The number of nitrogens with two attached hydrogens (primary N) is 1. The molecule has 0 amide bonds. The van der Waals surface area contributed by atoms with Gasteiger partial charge in [-0.2, -0.15) is 0 Å². The molecule has 0 aliphatic heterocycles. The van der Waals surface area contributed by atoms with Crippen LogP contribution in [-0.4, -0.2) is 9.97 Å². The molecule has 0 fully saturated rings. The number of benzene rings is 1. The van der Waals surface area contributed by atoms with Crippen LogP contribution in [0.3, 0.4) is 0 Å². The van der Waals surface area contributed by atoms with E-state index in [9.17, 15) is 0 Å². The number of aryl methyl sites for hydroxylation is 2. The van der Waals surface area contributed by atoms with E-state index in [1.54, 1.807) is 18.5 Å². The topological polar surface area (TPSA) is 51.8 Å². The van der Waals surface area contributed by atoms with Gasteiger partial charge in [-0.05, 0) is 31.9 Å². The third-order valence-corrected chi connectivity index (χ3v) is 2.65. The zero-order valence-electron chi connectivity index (χ0n) is 10.2. The fourth-order valence-electron chi connectivity index (χ4n) is 2.03. The zero-order valence-corrected chi connectivity index (χ0v) is 10.2. The normalized spacial score (nSPS) is 12.4. The van der Waals surface area contributed by atoms with E-state index in [0.29, 0.717) is 5.82 Å². The second kappa shape index (κ2) is 5.06. The first-order chi connectivity index (χ1) is 8.15. The predicted molar refractivity (Wildman–Crippen MR) is 68.6 cm³/mol. The summed E-state index contributed by atoms with van der Waals surface area (Å²) in [5.41, 5.74) is 9.87. The van der Waals surface area contributed by atoms with Crippen LogP contribution in [0.25, 0.3) is 0 Å². The van der Waals surface area contributed by atoms with Crippen LogP contribution in [0.5, 0.6) is 0 Å². The molecular formula is C14H17N3. The van der Waals surface area contributed by atoms with E-state index in [2.05, 4.69) is 42.0 Å². The number of hydrogen-bond donors (Lipinski definition) is 1. The number of rotatable bonds is 3. The summed E-state index contributed by atoms with van der Waals surface area (Å²) in [6.45, 7) is 4.20. The molecule has 1 aromatic heterocycles. The number of nitrogens with zero attached hydrogens (tertiary/aromatic N) is 2. The van der Waals surface area contributed by atoms with Gasteiger partial charge in [-0.1, -0.05) is 29.3 Å². The summed E-state index contributed by atoms with van der Waals surface area (Å²) in [5.74, 6) is 0.701. The maximum atomic E-state index is 6.10. The zero-order chi connectivity index (χ0) is 12.3. The van der Waals surface area contributed by atoms with Crippen LogP contribution in [0.4, 0.5) is 0 Å². The third kappa shape index (κ3) is 3.11. The summed E-state index contributed by atoms with van der Waals surface area (Å²) in [7, 11) is 0. The Bertz CT molecular complexity index is 474. The van der Waals surface area contributed by atoms with Crippen molar-refractivity contribution in [2.24, 2.45) is 5.73 Å². The highest BCUT2D eigenvalue weighted by atomic mass is 14.9. The van der Waals surface area contributed by atoms with E-state index in [4.69, 9.17) is 5.73 Å². The van der Waals surface area contributed by atoms with Crippen molar-refractivity contribution in [2.45, 2.75) is 26.3 Å². The van der Waals surface area contributed by atoms with Gasteiger partial charge in [-0.3, -0.25) is 0 Å². The Balaban J connectivity index is 2.16. The standard InChI is InChI=1S/C14H17N3/c1-10-6-11(2)8-12(7-10)9-13(15)14-16-4-3-5-17-14/h3-8,13H,9,15H2,1-2H3. The molecule has 0 saturated heterocycles. The van der Waals surface area contributed by atoms with Gasteiger partial charge >= 0.3 is 0 Å². The second-order valence-corrected chi connectivity index (χ2v) is 4.41. The summed E-state index contributed by atoms with van der Waals surface area (Å²) in [6, 6.07) is 8.14. The van der Waals surface area contributed by atoms with Gasteiger partial charge in [0.05, 0.1) is 6.04 Å². The SMILES string of the molecule is Cc1cc(C)cc(CC(N)c2ncccn2)c1. The largest absolute Gasteiger partial charge is 0.321 e. The van der Waals surface area contributed by atoms with Crippen molar-refractivity contribution in [2.75, 3.05) is 0 Å². The predicted octanol–water partition coefficient (Wildman–Crippen LogP) is 2.34. The van der Waals surface area contributed by atoms with E-state index in [1.165, 1.54) is 16.7 Å². The molecule has 3 nitrogen and oxygen atoms in total. The monoisotopic (exact) mass is 227 g/mol. The van der Waals surface area contributed by atoms with Crippen molar-refractivity contribution >= 4 is 0 Å². The molecule has 0 spiro atoms. The number of aromatic nitrogens is 2. The van der Waals surface area contributed by atoms with E-state index >= 15 is 0 Å². The van der Waals surface area contributed by atoms with Gasteiger partial charge in [0.25, 0.3) is 0 Å². The first kappa shape index (κ1) is 11.7. The minimum absolute atomic E-state index is 0.141. The van der Waals surface area contributed by atoms with Gasteiger partial charge in [-0.15, -0.1) is 0 Å². The Morgan fingerprint density at radius 2 is 1.65 bits per heavy atom. The lowest BCUT2D eigenvalue weighted by atomic mass is 10.0. The molecule has 2 aromatic rings. The lowest BCUT2D eigenvalue weighted by Crippen LogP contribution is -2.16. The molecular weight excluding hydrogens is 210 g/mol. The van der Waals surface area contributed by atoms with Crippen LogP contribution in [-0.2, 0) is 6.42 Å². The molecule has 88 valence electrons. The fourth-order valence-corrected chi connectivity index (χ4v) is 2.03. The molecule has 2 rings (SSSR count). The molecule has 2 N–H and O–H groups in total. The first-order valence-electron chi connectivity index (χ1n) is 5.75. The summed E-state index contributed by atoms with van der Waals surface area (Å²) < 4.78 is 0. The van der Waals surface area contributed by atoms with E-state index in [-0.39, 0.29) is 6.04 Å². The van der Waals surface area contributed by atoms with Crippen molar-refractivity contribution in [3.8, 4) is 0 Å². The molecule has 1 unspecified atom stereocenters. The van der Waals surface area contributed by atoms with Crippen molar-refractivity contribution in [3.05, 3.63) is 59.2 Å². The smallest absolute Gasteiger partial charge is 0.145 e. The molecule has 3 heteroatoms. The van der Waals surface area contributed by atoms with Crippen molar-refractivity contribution in [3.63, 3.8) is 0 Å². The highest BCUT2D eigenvalue weighted by Crippen LogP contribution is 2.15. The maximum Gasteiger partial charge on any atom is 0.145 e. The first-order valence-corrected chi connectivity index (χ1v) is 5.75. The van der Waals surface area contributed by atoms with Crippen LogP contribution in [0.15, 0.2) is 36.7 Å². The Hall–Kier alpha value is -1.74. The summed E-state index contributed by atoms with van der Waals surface area (Å²) in [6.07, 6.45) is 4.22. The minimum Gasteiger partial charge on any atom is -0.321 e. The Labute approximate surface area is 102 Å². The van der Waals surface area contributed by atoms with Crippen LogP contribution in [0.1, 0.15) is 28.6 Å². The molecule has 0 radical (unpaired) electrons. The highest BCUT2D eigenvalue weighted by Gasteiger charge is 2.09. The summed E-state index contributed by atoms with van der Waals surface area (Å²) in [4.78, 5) is 8.37. The Morgan fingerprint density at radius 1 is 1.06 bits per heavy atom. The summed E-state index contributed by atoms with van der Waals surface area (Å²) in [5, 5.41) is 0. The summed E-state index contributed by atoms with van der Waals surface area (Å²) >= 11 is 0. The molecule has 17 heavy (non-hydrogen) atoms. The maximum absolute atomic E-state index is 6.10. The Kier molecular flexibility index (Phi) is 3.49. The molecule has 0 aliphatic carbocycles. The van der Waals surface area contributed by atoms with Gasteiger partial charge in [-0.25, -0.2) is 9.97 Å². The lowest BCUT2D eigenvalue weighted by Gasteiger charge is -2.11. The highest BCUT2D eigenvalue weighted by molar-refractivity contribution is 5.29. The molecule has 1 atom stereocenters. The van der Waals surface area contributed by atoms with Crippen LogP contribution >= 0.6 is 0 Å². The van der Waals surface area contributed by atoms with E-state index < -0.39 is 0 Å². The van der Waals surface area contributed by atoms with Gasteiger partial charge in [0.15, 0.2) is 0 Å². The van der Waals surface area contributed by atoms with Gasteiger partial charge in [0, 0.05) is 12.4 Å². The van der Waals surface area contributed by atoms with Crippen LogP contribution in [0.2, 0.25) is 0 Å². The van der Waals surface area contributed by atoms with Crippen molar-refractivity contribution in [1.82, 2.24) is 9.97 Å². The lowest BCUT2D eigenvalue weighted by molar-refractivity contribution is 0.666. The molecule has 0 bridgehead atoms. The number of hydrogen-bond acceptors (Lipinski definition) is 3. The van der Waals surface area contributed by atoms with Crippen LogP contribution in [0, 0.1) is 13.8 Å². The van der Waals surface area contributed by atoms with E-state index in [1.807, 2.05) is 0 Å². The third-order valence-electron chi connectivity index (χ3n) is 2.65. The molecule has 0 saturated carbocycles. The average molecular weight is 227 g/mol. The van der Waals surface area contributed by atoms with Gasteiger partial charge < -0.3 is 5.73 Å². The van der Waals surface area contributed by atoms with Crippen molar-refractivity contribution in [1.29, 1.82) is 0 Å². The molecule has 1 aromatic carbocycles. The second-order valence-electron chi connectivity index (χ2n) is 4.41. The molecule has 1 heterocycles. The average Bonchev–Trinajstić information content (AvgIpc) is 2.28. The minimum atomic E-state index is -0.141. The van der Waals surface area contributed by atoms with E-state index in [0.717, 1.165) is 6.42 Å². The molecule has 0 aliphatic rings. The van der Waals surface area contributed by atoms with Gasteiger partial charge in [0.1, 0.15) is 5.82 Å². The van der Waals surface area contributed by atoms with Crippen LogP contribution < -0.4 is 5.73 Å². The Morgan fingerprint density at radius 3 is 2.24 bits per heavy atom. The van der Waals surface area contributed by atoms with Gasteiger partial charge in [0.2, 0.25) is 0 Å².